The fourth-order valence-electron chi connectivity index (χ4n) is 4.77. The Morgan fingerprint density at radius 2 is 1.61 bits per heavy atom. The smallest absolute Gasteiger partial charge is 0.325 e. The van der Waals surface area contributed by atoms with Gasteiger partial charge in [-0.3, -0.25) is 9.59 Å². The minimum absolute atomic E-state index is 0.0748. The number of sulfonamides is 1. The van der Waals surface area contributed by atoms with Gasteiger partial charge < -0.3 is 9.47 Å². The first-order chi connectivity index (χ1) is 14.7. The van der Waals surface area contributed by atoms with Crippen molar-refractivity contribution >= 4 is 27.5 Å². The molecule has 7 nitrogen and oxygen atoms in total. The van der Waals surface area contributed by atoms with Gasteiger partial charge in [-0.2, -0.15) is 4.31 Å². The van der Waals surface area contributed by atoms with Gasteiger partial charge in [-0.1, -0.05) is 48.5 Å². The number of fused-ring (bicyclic) bond motifs is 4. The van der Waals surface area contributed by atoms with E-state index < -0.39 is 39.5 Å². The van der Waals surface area contributed by atoms with Crippen molar-refractivity contribution in [2.45, 2.75) is 30.3 Å². The lowest BCUT2D eigenvalue weighted by Crippen LogP contribution is -2.48. The van der Waals surface area contributed by atoms with Crippen LogP contribution in [-0.2, 0) is 29.1 Å². The van der Waals surface area contributed by atoms with E-state index in [2.05, 4.69) is 6.58 Å². The number of carbonyl (C=O) groups excluding carboxylic acids is 2. The quantitative estimate of drug-likeness (QED) is 0.535. The number of benzene rings is 2. The van der Waals surface area contributed by atoms with E-state index in [9.17, 15) is 18.0 Å². The zero-order valence-corrected chi connectivity index (χ0v) is 18.3. The first-order valence-electron chi connectivity index (χ1n) is 9.75. The first-order valence-corrected chi connectivity index (χ1v) is 11.2. The van der Waals surface area contributed by atoms with Gasteiger partial charge in [0.2, 0.25) is 10.0 Å². The molecular formula is C23H23NO6S. The van der Waals surface area contributed by atoms with E-state index >= 15 is 0 Å². The average Bonchev–Trinajstić information content (AvgIpc) is 3.10. The molecule has 2 aromatic rings. The molecule has 1 fully saturated rings. The van der Waals surface area contributed by atoms with Crippen LogP contribution in [0.25, 0.3) is 5.57 Å². The number of rotatable bonds is 4. The van der Waals surface area contributed by atoms with Crippen LogP contribution < -0.4 is 0 Å². The molecule has 0 aliphatic carbocycles. The van der Waals surface area contributed by atoms with Gasteiger partial charge in [0.05, 0.1) is 31.2 Å². The maximum atomic E-state index is 13.8. The highest BCUT2D eigenvalue weighted by Gasteiger charge is 2.69. The lowest BCUT2D eigenvalue weighted by Gasteiger charge is -2.39. The molecular weight excluding hydrogens is 418 g/mol. The Kier molecular flexibility index (Phi) is 5.02. The molecule has 0 N–H and O–H groups in total. The van der Waals surface area contributed by atoms with E-state index in [1.807, 2.05) is 19.1 Å². The summed E-state index contributed by atoms with van der Waals surface area (Å²) in [6, 6.07) is 11.6. The number of esters is 2. The van der Waals surface area contributed by atoms with Gasteiger partial charge in [-0.05, 0) is 42.2 Å². The standard InChI is InChI=1S/C23H23NO6S/c1-14-9-11-16(12-10-14)31(27,28)24-19-13-23(21(25)29-3,22(26)30-4)20(24)18-8-6-5-7-17(18)15(19)2/h5-12,19-20H,2,13H2,1,3-4H3/t19-,20-/m0/s1. The Hall–Kier alpha value is -2.97. The molecule has 2 aromatic carbocycles. The summed E-state index contributed by atoms with van der Waals surface area (Å²) in [4.78, 5) is 26.2. The molecule has 0 amide bonds. The van der Waals surface area contributed by atoms with Crippen LogP contribution in [-0.4, -0.2) is 44.9 Å². The molecule has 0 spiro atoms. The summed E-state index contributed by atoms with van der Waals surface area (Å²) in [5.41, 5.74) is 0.836. The fraction of sp³-hybridized carbons (Fsp3) is 0.304. The third-order valence-corrected chi connectivity index (χ3v) is 8.13. The number of ether oxygens (including phenoxy) is 2. The van der Waals surface area contributed by atoms with Crippen LogP contribution in [0.1, 0.15) is 29.2 Å². The summed E-state index contributed by atoms with van der Waals surface area (Å²) in [6.45, 7) is 5.99. The van der Waals surface area contributed by atoms with E-state index in [1.54, 1.807) is 24.3 Å². The molecule has 0 unspecified atom stereocenters. The lowest BCUT2D eigenvalue weighted by molar-refractivity contribution is -0.170. The Morgan fingerprint density at radius 1 is 1.03 bits per heavy atom. The van der Waals surface area contributed by atoms with Crippen molar-refractivity contribution in [1.82, 2.24) is 4.31 Å². The van der Waals surface area contributed by atoms with Gasteiger partial charge in [0, 0.05) is 0 Å². The van der Waals surface area contributed by atoms with Crippen molar-refractivity contribution in [1.29, 1.82) is 0 Å². The molecule has 4 rings (SSSR count). The second-order valence-corrected chi connectivity index (χ2v) is 9.68. The molecule has 2 aliphatic rings. The SMILES string of the molecule is C=C1c2ccccc2[C@@H]2N(S(=O)(=O)c3ccc(C)cc3)[C@H]1CC2(C(=O)OC)C(=O)OC. The van der Waals surface area contributed by atoms with Gasteiger partial charge in [0.25, 0.3) is 0 Å². The topological polar surface area (TPSA) is 90.0 Å². The molecule has 0 saturated carbocycles. The predicted molar refractivity (Wildman–Crippen MR) is 113 cm³/mol. The molecule has 162 valence electrons. The van der Waals surface area contributed by atoms with Gasteiger partial charge >= 0.3 is 11.9 Å². The van der Waals surface area contributed by atoms with Crippen LogP contribution in [0.3, 0.4) is 0 Å². The average molecular weight is 442 g/mol. The highest BCUT2D eigenvalue weighted by molar-refractivity contribution is 7.89. The maximum absolute atomic E-state index is 13.8. The normalized spacial score (nSPS) is 22.0. The number of aryl methyl sites for hydroxylation is 1. The van der Waals surface area contributed by atoms with Gasteiger partial charge in [-0.15, -0.1) is 0 Å². The van der Waals surface area contributed by atoms with Crippen LogP contribution in [0.4, 0.5) is 0 Å². The largest absolute Gasteiger partial charge is 0.468 e. The maximum Gasteiger partial charge on any atom is 0.325 e. The Labute approximate surface area is 181 Å². The van der Waals surface area contributed by atoms with E-state index in [0.29, 0.717) is 11.1 Å². The van der Waals surface area contributed by atoms with Crippen molar-refractivity contribution < 1.29 is 27.5 Å². The van der Waals surface area contributed by atoms with Crippen LogP contribution in [0.2, 0.25) is 0 Å². The molecule has 2 heterocycles. The minimum Gasteiger partial charge on any atom is -0.468 e. The molecule has 2 bridgehead atoms. The van der Waals surface area contributed by atoms with E-state index in [0.717, 1.165) is 11.1 Å². The van der Waals surface area contributed by atoms with Crippen LogP contribution in [0, 0.1) is 12.3 Å². The Bertz CT molecular complexity index is 1170. The van der Waals surface area contributed by atoms with Gasteiger partial charge in [-0.25, -0.2) is 8.42 Å². The van der Waals surface area contributed by atoms with Crippen LogP contribution in [0.15, 0.2) is 60.0 Å². The zero-order valence-electron chi connectivity index (χ0n) is 17.5. The van der Waals surface area contributed by atoms with Crippen molar-refractivity contribution in [3.63, 3.8) is 0 Å². The molecule has 8 heteroatoms. The predicted octanol–water partition coefficient (Wildman–Crippen LogP) is 2.86. The first kappa shape index (κ1) is 21.3. The summed E-state index contributed by atoms with van der Waals surface area (Å²) in [5.74, 6) is -1.67. The molecule has 0 aromatic heterocycles. The van der Waals surface area contributed by atoms with Crippen molar-refractivity contribution in [2.24, 2.45) is 5.41 Å². The van der Waals surface area contributed by atoms with E-state index in [4.69, 9.17) is 9.47 Å². The highest BCUT2D eigenvalue weighted by atomic mass is 32.2. The molecule has 0 radical (unpaired) electrons. The molecule has 2 aliphatic heterocycles. The minimum atomic E-state index is -4.09. The van der Waals surface area contributed by atoms with Crippen molar-refractivity contribution in [3.8, 4) is 0 Å². The summed E-state index contributed by atoms with van der Waals surface area (Å²) in [5, 5.41) is 0. The fourth-order valence-corrected chi connectivity index (χ4v) is 6.60. The third kappa shape index (κ3) is 2.85. The van der Waals surface area contributed by atoms with E-state index in [1.165, 1.54) is 30.7 Å². The third-order valence-electron chi connectivity index (χ3n) is 6.24. The Morgan fingerprint density at radius 3 is 2.19 bits per heavy atom. The monoisotopic (exact) mass is 441 g/mol. The van der Waals surface area contributed by atoms with Gasteiger partial charge in [0.1, 0.15) is 0 Å². The van der Waals surface area contributed by atoms with Gasteiger partial charge in [0.15, 0.2) is 5.41 Å². The summed E-state index contributed by atoms with van der Waals surface area (Å²) >= 11 is 0. The second kappa shape index (κ2) is 7.32. The van der Waals surface area contributed by atoms with Crippen molar-refractivity contribution in [2.75, 3.05) is 14.2 Å². The number of hydrogen-bond acceptors (Lipinski definition) is 6. The highest BCUT2D eigenvalue weighted by Crippen LogP contribution is 2.60. The Balaban J connectivity index is 2.02. The number of nitrogens with zero attached hydrogens (tertiary/aromatic N) is 1. The molecule has 1 saturated heterocycles. The molecule has 2 atom stereocenters. The lowest BCUT2D eigenvalue weighted by atomic mass is 9.77. The van der Waals surface area contributed by atoms with Crippen LogP contribution in [0.5, 0.6) is 0 Å². The van der Waals surface area contributed by atoms with Crippen molar-refractivity contribution in [3.05, 3.63) is 71.8 Å². The van der Waals surface area contributed by atoms with Crippen LogP contribution >= 0.6 is 0 Å². The number of hydrogen-bond donors (Lipinski definition) is 0. The van der Waals surface area contributed by atoms with E-state index in [-0.39, 0.29) is 11.3 Å². The summed E-state index contributed by atoms with van der Waals surface area (Å²) < 4.78 is 38.9. The molecule has 31 heavy (non-hydrogen) atoms. The second-order valence-electron chi connectivity index (χ2n) is 7.84. The number of carbonyl (C=O) groups is 2. The number of methoxy groups -OCH3 is 2. The summed E-state index contributed by atoms with van der Waals surface area (Å²) in [7, 11) is -1.74. The zero-order chi connectivity index (χ0) is 22.6. The summed E-state index contributed by atoms with van der Waals surface area (Å²) in [6.07, 6.45) is -0.115.